The minimum atomic E-state index is -0.479. The summed E-state index contributed by atoms with van der Waals surface area (Å²) >= 11 is 1.39. The standard InChI is InChI=1S/C19H20N4O4S/c1-12-3-4-13(2)15(9-12)27-10-17(25)22-21-16(24)5-7-23-11-20-18-14(19(23)26)6-8-28-18/h3-4,6,8-9,11H,5,7,10H2,1-2H3,(H,21,24)(H,22,25). The third-order valence-electron chi connectivity index (χ3n) is 4.07. The molecule has 0 aliphatic rings. The van der Waals surface area contributed by atoms with Crippen LogP contribution in [0.3, 0.4) is 0 Å². The van der Waals surface area contributed by atoms with Crippen LogP contribution in [0.5, 0.6) is 5.75 Å². The molecule has 146 valence electrons. The number of aryl methyl sites for hydroxylation is 3. The summed E-state index contributed by atoms with van der Waals surface area (Å²) in [6, 6.07) is 7.42. The van der Waals surface area contributed by atoms with E-state index in [-0.39, 0.29) is 25.1 Å². The number of nitrogens with zero attached hydrogens (tertiary/aromatic N) is 2. The number of rotatable bonds is 6. The van der Waals surface area contributed by atoms with E-state index in [2.05, 4.69) is 15.8 Å². The lowest BCUT2D eigenvalue weighted by molar-refractivity contribution is -0.130. The Balaban J connectivity index is 1.44. The van der Waals surface area contributed by atoms with Crippen molar-refractivity contribution in [3.8, 4) is 5.75 Å². The van der Waals surface area contributed by atoms with Crippen molar-refractivity contribution in [2.75, 3.05) is 6.61 Å². The van der Waals surface area contributed by atoms with Crippen LogP contribution in [0.4, 0.5) is 0 Å². The van der Waals surface area contributed by atoms with Crippen molar-refractivity contribution in [2.24, 2.45) is 0 Å². The van der Waals surface area contributed by atoms with Gasteiger partial charge < -0.3 is 4.74 Å². The molecule has 9 heteroatoms. The zero-order valence-electron chi connectivity index (χ0n) is 15.5. The van der Waals surface area contributed by atoms with Gasteiger partial charge in [0.2, 0.25) is 5.91 Å². The van der Waals surface area contributed by atoms with Gasteiger partial charge in [-0.2, -0.15) is 0 Å². The summed E-state index contributed by atoms with van der Waals surface area (Å²) in [6.45, 7) is 3.77. The Morgan fingerprint density at radius 3 is 2.79 bits per heavy atom. The van der Waals surface area contributed by atoms with E-state index in [1.807, 2.05) is 32.0 Å². The summed E-state index contributed by atoms with van der Waals surface area (Å²) in [5.74, 6) is -0.276. The van der Waals surface area contributed by atoms with E-state index in [4.69, 9.17) is 4.74 Å². The quantitative estimate of drug-likeness (QED) is 0.613. The molecule has 0 radical (unpaired) electrons. The van der Waals surface area contributed by atoms with Gasteiger partial charge >= 0.3 is 0 Å². The van der Waals surface area contributed by atoms with Gasteiger partial charge in [0.25, 0.3) is 11.5 Å². The van der Waals surface area contributed by atoms with Crippen molar-refractivity contribution in [1.29, 1.82) is 0 Å². The molecule has 1 aromatic carbocycles. The summed E-state index contributed by atoms with van der Waals surface area (Å²) in [5.41, 5.74) is 6.37. The molecule has 28 heavy (non-hydrogen) atoms. The van der Waals surface area contributed by atoms with Gasteiger partial charge in [-0.05, 0) is 42.5 Å². The van der Waals surface area contributed by atoms with Crippen molar-refractivity contribution >= 4 is 33.4 Å². The van der Waals surface area contributed by atoms with Crippen LogP contribution in [-0.2, 0) is 16.1 Å². The van der Waals surface area contributed by atoms with E-state index in [9.17, 15) is 14.4 Å². The number of hydrogen-bond acceptors (Lipinski definition) is 6. The molecular formula is C19H20N4O4S. The summed E-state index contributed by atoms with van der Waals surface area (Å²) < 4.78 is 6.85. The number of amides is 2. The predicted octanol–water partition coefficient (Wildman–Crippen LogP) is 1.69. The lowest BCUT2D eigenvalue weighted by atomic mass is 10.1. The van der Waals surface area contributed by atoms with Gasteiger partial charge in [-0.3, -0.25) is 29.8 Å². The fraction of sp³-hybridized carbons (Fsp3) is 0.263. The average Bonchev–Trinajstić information content (AvgIpc) is 3.16. The van der Waals surface area contributed by atoms with Crippen molar-refractivity contribution in [3.05, 3.63) is 57.5 Å². The Hall–Kier alpha value is -3.20. The Kier molecular flexibility index (Phi) is 6.05. The summed E-state index contributed by atoms with van der Waals surface area (Å²) in [6.07, 6.45) is 1.44. The highest BCUT2D eigenvalue weighted by atomic mass is 32.1. The highest BCUT2D eigenvalue weighted by Gasteiger charge is 2.09. The second-order valence-corrected chi connectivity index (χ2v) is 7.18. The number of benzene rings is 1. The third kappa shape index (κ3) is 4.74. The van der Waals surface area contributed by atoms with Gasteiger partial charge in [-0.15, -0.1) is 11.3 Å². The maximum atomic E-state index is 12.3. The molecule has 3 aromatic rings. The number of aromatic nitrogens is 2. The van der Waals surface area contributed by atoms with Crippen LogP contribution in [0.1, 0.15) is 17.5 Å². The fourth-order valence-corrected chi connectivity index (χ4v) is 3.24. The molecule has 8 nitrogen and oxygen atoms in total. The fourth-order valence-electron chi connectivity index (χ4n) is 2.52. The normalized spacial score (nSPS) is 10.6. The molecule has 0 saturated carbocycles. The molecule has 0 unspecified atom stereocenters. The van der Waals surface area contributed by atoms with Gasteiger partial charge in [-0.25, -0.2) is 4.98 Å². The molecule has 3 rings (SSSR count). The van der Waals surface area contributed by atoms with Crippen LogP contribution < -0.4 is 21.1 Å². The minimum Gasteiger partial charge on any atom is -0.483 e. The molecule has 0 saturated heterocycles. The van der Waals surface area contributed by atoms with Gasteiger partial charge in [-0.1, -0.05) is 12.1 Å². The van der Waals surface area contributed by atoms with E-state index in [0.29, 0.717) is 16.0 Å². The molecule has 0 aliphatic carbocycles. The Morgan fingerprint density at radius 1 is 1.18 bits per heavy atom. The molecule has 0 fully saturated rings. The minimum absolute atomic E-state index is 0.0232. The summed E-state index contributed by atoms with van der Waals surface area (Å²) in [4.78, 5) is 40.9. The highest BCUT2D eigenvalue weighted by Crippen LogP contribution is 2.18. The smallest absolute Gasteiger partial charge is 0.276 e. The number of hydrogen-bond donors (Lipinski definition) is 2. The van der Waals surface area contributed by atoms with Gasteiger partial charge in [0.15, 0.2) is 6.61 Å². The molecule has 2 aromatic heterocycles. The second kappa shape index (κ2) is 8.66. The van der Waals surface area contributed by atoms with Crippen molar-refractivity contribution < 1.29 is 14.3 Å². The number of ether oxygens (including phenoxy) is 1. The zero-order chi connectivity index (χ0) is 20.1. The first-order valence-corrected chi connectivity index (χ1v) is 9.52. The van der Waals surface area contributed by atoms with Crippen LogP contribution in [0.15, 0.2) is 40.8 Å². The van der Waals surface area contributed by atoms with Crippen molar-refractivity contribution in [1.82, 2.24) is 20.4 Å². The Labute approximate surface area is 165 Å². The topological polar surface area (TPSA) is 102 Å². The first-order chi connectivity index (χ1) is 13.4. The first-order valence-electron chi connectivity index (χ1n) is 8.64. The number of fused-ring (bicyclic) bond motifs is 1. The van der Waals surface area contributed by atoms with E-state index in [0.717, 1.165) is 11.1 Å². The Bertz CT molecular complexity index is 1070. The van der Waals surface area contributed by atoms with E-state index in [1.54, 1.807) is 11.4 Å². The van der Waals surface area contributed by atoms with E-state index >= 15 is 0 Å². The molecule has 2 heterocycles. The SMILES string of the molecule is Cc1ccc(C)c(OCC(=O)NNC(=O)CCn2cnc3sccc3c2=O)c1. The van der Waals surface area contributed by atoms with E-state index < -0.39 is 11.8 Å². The monoisotopic (exact) mass is 400 g/mol. The van der Waals surface area contributed by atoms with Crippen LogP contribution in [0.2, 0.25) is 0 Å². The van der Waals surface area contributed by atoms with Gasteiger partial charge in [0, 0.05) is 13.0 Å². The lowest BCUT2D eigenvalue weighted by Crippen LogP contribution is -2.44. The number of thiophene rings is 1. The second-order valence-electron chi connectivity index (χ2n) is 6.29. The van der Waals surface area contributed by atoms with Crippen molar-refractivity contribution in [3.63, 3.8) is 0 Å². The van der Waals surface area contributed by atoms with Crippen LogP contribution >= 0.6 is 11.3 Å². The lowest BCUT2D eigenvalue weighted by Gasteiger charge is -2.11. The van der Waals surface area contributed by atoms with Gasteiger partial charge in [0.05, 0.1) is 11.7 Å². The Morgan fingerprint density at radius 2 is 1.96 bits per heavy atom. The zero-order valence-corrected chi connectivity index (χ0v) is 16.3. The molecule has 2 N–H and O–H groups in total. The largest absolute Gasteiger partial charge is 0.483 e. The molecule has 2 amide bonds. The van der Waals surface area contributed by atoms with Crippen LogP contribution in [-0.4, -0.2) is 28.0 Å². The number of hydrazine groups is 1. The molecule has 0 aliphatic heterocycles. The number of nitrogens with one attached hydrogen (secondary N) is 2. The van der Waals surface area contributed by atoms with E-state index in [1.165, 1.54) is 22.2 Å². The van der Waals surface area contributed by atoms with Crippen LogP contribution in [0, 0.1) is 13.8 Å². The third-order valence-corrected chi connectivity index (χ3v) is 4.89. The molecular weight excluding hydrogens is 380 g/mol. The summed E-state index contributed by atoms with van der Waals surface area (Å²) in [5, 5.41) is 2.33. The average molecular weight is 400 g/mol. The highest BCUT2D eigenvalue weighted by molar-refractivity contribution is 7.16. The molecule has 0 spiro atoms. The number of carbonyl (C=O) groups is 2. The van der Waals surface area contributed by atoms with Gasteiger partial charge in [0.1, 0.15) is 10.6 Å². The maximum Gasteiger partial charge on any atom is 0.276 e. The predicted molar refractivity (Wildman–Crippen MR) is 106 cm³/mol. The van der Waals surface area contributed by atoms with Crippen molar-refractivity contribution in [2.45, 2.75) is 26.8 Å². The maximum absolute atomic E-state index is 12.3. The summed E-state index contributed by atoms with van der Waals surface area (Å²) in [7, 11) is 0. The molecule has 0 bridgehead atoms. The molecule has 0 atom stereocenters. The van der Waals surface area contributed by atoms with Crippen LogP contribution in [0.25, 0.3) is 10.2 Å². The first kappa shape index (κ1) is 19.6. The number of carbonyl (C=O) groups excluding carboxylic acids is 2.